The minimum absolute atomic E-state index is 0.504. The van der Waals surface area contributed by atoms with Crippen molar-refractivity contribution in [1.29, 1.82) is 0 Å². The third-order valence-corrected chi connectivity index (χ3v) is 2.80. The van der Waals surface area contributed by atoms with Crippen LogP contribution >= 0.6 is 11.6 Å². The molecule has 1 N–H and O–H groups in total. The third kappa shape index (κ3) is 3.69. The quantitative estimate of drug-likeness (QED) is 0.851. The maximum Gasteiger partial charge on any atom is 0.124 e. The first-order valence-corrected chi connectivity index (χ1v) is 5.94. The number of ether oxygens (including phenoxy) is 1. The highest BCUT2D eigenvalue weighted by Gasteiger charge is 2.14. The highest BCUT2D eigenvalue weighted by atomic mass is 35.5. The van der Waals surface area contributed by atoms with Crippen LogP contribution in [0, 0.1) is 5.92 Å². The lowest BCUT2D eigenvalue weighted by atomic mass is 9.99. The van der Waals surface area contributed by atoms with Crippen molar-refractivity contribution < 1.29 is 9.84 Å². The average molecular weight is 243 g/mol. The summed E-state index contributed by atoms with van der Waals surface area (Å²) >= 11 is 5.91. The monoisotopic (exact) mass is 242 g/mol. The molecule has 0 saturated carbocycles. The Morgan fingerprint density at radius 3 is 2.56 bits per heavy atom. The Morgan fingerprint density at radius 1 is 1.31 bits per heavy atom. The lowest BCUT2D eigenvalue weighted by molar-refractivity contribution is 0.155. The first-order chi connectivity index (χ1) is 7.54. The number of hydrogen-bond donors (Lipinski definition) is 1. The Bertz CT molecular complexity index is 337. The highest BCUT2D eigenvalue weighted by Crippen LogP contribution is 2.31. The van der Waals surface area contributed by atoms with Crippen molar-refractivity contribution in [1.82, 2.24) is 0 Å². The van der Waals surface area contributed by atoms with Crippen LogP contribution in [0.1, 0.15) is 38.4 Å². The molecular weight excluding hydrogens is 224 g/mol. The molecule has 1 aromatic rings. The van der Waals surface area contributed by atoms with Crippen LogP contribution in [0.2, 0.25) is 5.02 Å². The Morgan fingerprint density at radius 2 is 2.00 bits per heavy atom. The summed E-state index contributed by atoms with van der Waals surface area (Å²) in [6.45, 7) is 4.28. The molecule has 16 heavy (non-hydrogen) atoms. The van der Waals surface area contributed by atoms with E-state index in [0.717, 1.165) is 18.4 Å². The number of aliphatic hydroxyl groups excluding tert-OH is 1. The van der Waals surface area contributed by atoms with Gasteiger partial charge in [0.1, 0.15) is 5.75 Å². The SMILES string of the molecule is COc1ccc(Cl)cc1C(O)CCC(C)C. The minimum atomic E-state index is -0.504. The lowest BCUT2D eigenvalue weighted by Gasteiger charge is -2.16. The molecular formula is C13H19ClO2. The number of halogens is 1. The molecule has 3 heteroatoms. The Labute approximate surface area is 102 Å². The molecule has 0 heterocycles. The predicted octanol–water partition coefficient (Wildman–Crippen LogP) is 3.82. The fraction of sp³-hybridized carbons (Fsp3) is 0.538. The second-order valence-corrected chi connectivity index (χ2v) is 4.81. The molecule has 0 radical (unpaired) electrons. The summed E-state index contributed by atoms with van der Waals surface area (Å²) < 4.78 is 5.21. The van der Waals surface area contributed by atoms with Crippen LogP contribution in [0.25, 0.3) is 0 Å². The van der Waals surface area contributed by atoms with E-state index in [-0.39, 0.29) is 0 Å². The Kier molecular flexibility index (Phi) is 5.10. The molecule has 90 valence electrons. The average Bonchev–Trinajstić information content (AvgIpc) is 2.25. The maximum absolute atomic E-state index is 10.1. The van der Waals surface area contributed by atoms with Crippen molar-refractivity contribution >= 4 is 11.6 Å². The summed E-state index contributed by atoms with van der Waals surface area (Å²) in [7, 11) is 1.60. The molecule has 0 bridgehead atoms. The first-order valence-electron chi connectivity index (χ1n) is 5.56. The van der Waals surface area contributed by atoms with Gasteiger partial charge >= 0.3 is 0 Å². The van der Waals surface area contributed by atoms with Crippen LogP contribution in [0.4, 0.5) is 0 Å². The Balaban J connectivity index is 2.80. The van der Waals surface area contributed by atoms with Gasteiger partial charge in [-0.05, 0) is 37.0 Å². The van der Waals surface area contributed by atoms with Crippen molar-refractivity contribution in [3.8, 4) is 5.75 Å². The lowest BCUT2D eigenvalue weighted by Crippen LogP contribution is -2.02. The van der Waals surface area contributed by atoms with Gasteiger partial charge < -0.3 is 9.84 Å². The van der Waals surface area contributed by atoms with E-state index in [1.54, 1.807) is 25.3 Å². The predicted molar refractivity (Wildman–Crippen MR) is 67.0 cm³/mol. The Hall–Kier alpha value is -0.730. The molecule has 2 nitrogen and oxygen atoms in total. The summed E-state index contributed by atoms with van der Waals surface area (Å²) in [5.74, 6) is 1.28. The molecule has 1 atom stereocenters. The summed E-state index contributed by atoms with van der Waals surface area (Å²) in [6.07, 6.45) is 1.21. The van der Waals surface area contributed by atoms with Gasteiger partial charge in [0.25, 0.3) is 0 Å². The van der Waals surface area contributed by atoms with Crippen molar-refractivity contribution in [3.63, 3.8) is 0 Å². The van der Waals surface area contributed by atoms with Gasteiger partial charge in [-0.25, -0.2) is 0 Å². The second-order valence-electron chi connectivity index (χ2n) is 4.37. The van der Waals surface area contributed by atoms with Crippen LogP contribution < -0.4 is 4.74 Å². The number of hydrogen-bond acceptors (Lipinski definition) is 2. The van der Waals surface area contributed by atoms with Gasteiger partial charge in [-0.3, -0.25) is 0 Å². The molecule has 1 aromatic carbocycles. The first kappa shape index (κ1) is 13.3. The summed E-state index contributed by atoms with van der Waals surface area (Å²) in [4.78, 5) is 0. The van der Waals surface area contributed by atoms with Gasteiger partial charge in [-0.15, -0.1) is 0 Å². The van der Waals surface area contributed by atoms with Crippen molar-refractivity contribution in [3.05, 3.63) is 28.8 Å². The molecule has 1 rings (SSSR count). The van der Waals surface area contributed by atoms with E-state index in [2.05, 4.69) is 13.8 Å². The minimum Gasteiger partial charge on any atom is -0.496 e. The van der Waals surface area contributed by atoms with Gasteiger partial charge in [0.05, 0.1) is 13.2 Å². The number of methoxy groups -OCH3 is 1. The highest BCUT2D eigenvalue weighted by molar-refractivity contribution is 6.30. The number of aliphatic hydroxyl groups is 1. The summed E-state index contributed by atoms with van der Waals surface area (Å²) in [5, 5.41) is 10.7. The topological polar surface area (TPSA) is 29.5 Å². The van der Waals surface area contributed by atoms with Crippen LogP contribution in [0.3, 0.4) is 0 Å². The van der Waals surface area contributed by atoms with Gasteiger partial charge in [0.15, 0.2) is 0 Å². The van der Waals surface area contributed by atoms with E-state index in [0.29, 0.717) is 16.7 Å². The molecule has 0 aliphatic carbocycles. The molecule has 0 spiro atoms. The normalized spacial score (nSPS) is 12.9. The van der Waals surface area contributed by atoms with Gasteiger partial charge in [-0.1, -0.05) is 25.4 Å². The molecule has 1 unspecified atom stereocenters. The molecule has 0 aliphatic heterocycles. The van der Waals surface area contributed by atoms with Gasteiger partial charge in [0, 0.05) is 10.6 Å². The third-order valence-electron chi connectivity index (χ3n) is 2.57. The fourth-order valence-corrected chi connectivity index (χ4v) is 1.79. The van der Waals surface area contributed by atoms with E-state index in [1.807, 2.05) is 0 Å². The molecule has 0 aliphatic rings. The summed E-state index contributed by atoms with van der Waals surface area (Å²) in [6, 6.07) is 5.32. The van der Waals surface area contributed by atoms with Crippen molar-refractivity contribution in [2.75, 3.05) is 7.11 Å². The standard InChI is InChI=1S/C13H19ClO2/c1-9(2)4-6-12(15)11-8-10(14)5-7-13(11)16-3/h5,7-9,12,15H,4,6H2,1-3H3. The van der Waals surface area contributed by atoms with E-state index in [1.165, 1.54) is 0 Å². The molecule has 0 aromatic heterocycles. The molecule has 0 saturated heterocycles. The number of rotatable bonds is 5. The van der Waals surface area contributed by atoms with Crippen molar-refractivity contribution in [2.24, 2.45) is 5.92 Å². The van der Waals surface area contributed by atoms with Crippen LogP contribution in [-0.4, -0.2) is 12.2 Å². The van der Waals surface area contributed by atoms with Crippen molar-refractivity contribution in [2.45, 2.75) is 32.8 Å². The smallest absolute Gasteiger partial charge is 0.124 e. The second kappa shape index (κ2) is 6.12. The zero-order valence-electron chi connectivity index (χ0n) is 10.0. The number of benzene rings is 1. The molecule has 0 fully saturated rings. The van der Waals surface area contributed by atoms with Crippen LogP contribution in [-0.2, 0) is 0 Å². The van der Waals surface area contributed by atoms with E-state index < -0.39 is 6.10 Å². The fourth-order valence-electron chi connectivity index (χ4n) is 1.61. The summed E-state index contributed by atoms with van der Waals surface area (Å²) in [5.41, 5.74) is 0.774. The van der Waals surface area contributed by atoms with E-state index >= 15 is 0 Å². The largest absolute Gasteiger partial charge is 0.496 e. The molecule has 0 amide bonds. The zero-order chi connectivity index (χ0) is 12.1. The van der Waals surface area contributed by atoms with E-state index in [9.17, 15) is 5.11 Å². The van der Waals surface area contributed by atoms with Gasteiger partial charge in [-0.2, -0.15) is 0 Å². The maximum atomic E-state index is 10.1. The van der Waals surface area contributed by atoms with Crippen LogP contribution in [0.5, 0.6) is 5.75 Å². The van der Waals surface area contributed by atoms with Crippen LogP contribution in [0.15, 0.2) is 18.2 Å². The zero-order valence-corrected chi connectivity index (χ0v) is 10.8. The van der Waals surface area contributed by atoms with E-state index in [4.69, 9.17) is 16.3 Å². The van der Waals surface area contributed by atoms with Gasteiger partial charge in [0.2, 0.25) is 0 Å².